The predicted octanol–water partition coefficient (Wildman–Crippen LogP) is 5.49. The molecule has 2 aliphatic rings. The van der Waals surface area contributed by atoms with Crippen LogP contribution in [0.25, 0.3) is 0 Å². The Labute approximate surface area is 212 Å². The smallest absolute Gasteiger partial charge is 0.409 e. The summed E-state index contributed by atoms with van der Waals surface area (Å²) in [7, 11) is 3.85. The Bertz CT molecular complexity index is 766. The fourth-order valence-corrected chi connectivity index (χ4v) is 5.44. The molecule has 1 aromatic carbocycles. The molecule has 0 unspecified atom stereocenters. The van der Waals surface area contributed by atoms with Crippen molar-refractivity contribution in [3.63, 3.8) is 0 Å². The number of ether oxygens (including phenoxy) is 1. The molecule has 1 aliphatic carbocycles. The van der Waals surface area contributed by atoms with Crippen molar-refractivity contribution in [2.45, 2.75) is 69.1 Å². The van der Waals surface area contributed by atoms with Crippen molar-refractivity contribution in [2.24, 2.45) is 0 Å². The van der Waals surface area contributed by atoms with Crippen LogP contribution in [0.1, 0.15) is 64.2 Å². The highest BCUT2D eigenvalue weighted by molar-refractivity contribution is 7.89. The first-order valence-corrected chi connectivity index (χ1v) is 14.2. The Balaban J connectivity index is 0.000000282. The lowest BCUT2D eigenvalue weighted by molar-refractivity contribution is 0.132. The van der Waals surface area contributed by atoms with Crippen LogP contribution < -0.4 is 0 Å². The van der Waals surface area contributed by atoms with Gasteiger partial charge in [0.2, 0.25) is 10.0 Å². The SMILES string of the molecule is C1CCCCC1.COC(=O)N(C)CCCN(C)C.O=S(=O)(c1ccc(Cl)cc1)N1CCCCC1. The number of halogens is 1. The van der Waals surface area contributed by atoms with Gasteiger partial charge in [-0.1, -0.05) is 56.5 Å². The quantitative estimate of drug-likeness (QED) is 0.499. The number of piperidine rings is 1. The molecule has 1 saturated heterocycles. The van der Waals surface area contributed by atoms with Crippen molar-refractivity contribution < 1.29 is 17.9 Å². The van der Waals surface area contributed by atoms with Gasteiger partial charge >= 0.3 is 6.09 Å². The molecular formula is C25H44ClN3O4S. The van der Waals surface area contributed by atoms with Gasteiger partial charge in [0.05, 0.1) is 12.0 Å². The molecule has 0 aromatic heterocycles. The van der Waals surface area contributed by atoms with Gasteiger partial charge in [0.1, 0.15) is 0 Å². The van der Waals surface area contributed by atoms with E-state index in [-0.39, 0.29) is 6.09 Å². The first-order chi connectivity index (χ1) is 16.2. The Morgan fingerprint density at radius 1 is 0.882 bits per heavy atom. The van der Waals surface area contributed by atoms with Gasteiger partial charge in [-0.2, -0.15) is 4.31 Å². The van der Waals surface area contributed by atoms with Crippen molar-refractivity contribution in [2.75, 3.05) is 54.4 Å². The van der Waals surface area contributed by atoms with Crippen LogP contribution in [0.4, 0.5) is 4.79 Å². The number of methoxy groups -OCH3 is 1. The minimum absolute atomic E-state index is 0.270. The van der Waals surface area contributed by atoms with Crippen molar-refractivity contribution in [3.8, 4) is 0 Å². The third-order valence-electron chi connectivity index (χ3n) is 5.85. The highest BCUT2D eigenvalue weighted by atomic mass is 35.5. The van der Waals surface area contributed by atoms with Crippen LogP contribution >= 0.6 is 11.6 Å². The van der Waals surface area contributed by atoms with Crippen molar-refractivity contribution >= 4 is 27.7 Å². The van der Waals surface area contributed by atoms with Gasteiger partial charge in [-0.15, -0.1) is 0 Å². The first kappa shape index (κ1) is 30.7. The lowest BCUT2D eigenvalue weighted by Gasteiger charge is -2.25. The predicted molar refractivity (Wildman–Crippen MR) is 140 cm³/mol. The number of benzene rings is 1. The summed E-state index contributed by atoms with van der Waals surface area (Å²) in [4.78, 5) is 14.9. The maximum absolute atomic E-state index is 12.2. The molecule has 0 atom stereocenters. The molecule has 34 heavy (non-hydrogen) atoms. The fourth-order valence-electron chi connectivity index (χ4n) is 3.79. The zero-order valence-electron chi connectivity index (χ0n) is 21.5. The van der Waals surface area contributed by atoms with Crippen LogP contribution in [0.15, 0.2) is 29.2 Å². The third-order valence-corrected chi connectivity index (χ3v) is 8.02. The van der Waals surface area contributed by atoms with Gasteiger partial charge in [0, 0.05) is 31.7 Å². The molecule has 1 saturated carbocycles. The Morgan fingerprint density at radius 2 is 1.35 bits per heavy atom. The van der Waals surface area contributed by atoms with Gasteiger partial charge in [-0.25, -0.2) is 13.2 Å². The normalized spacial score (nSPS) is 16.5. The van der Waals surface area contributed by atoms with Crippen LogP contribution in [-0.2, 0) is 14.8 Å². The number of hydrogen-bond donors (Lipinski definition) is 0. The summed E-state index contributed by atoms with van der Waals surface area (Å²) in [6.45, 7) is 2.99. The number of rotatable bonds is 6. The number of amides is 1. The van der Waals surface area contributed by atoms with E-state index in [1.807, 2.05) is 14.1 Å². The first-order valence-electron chi connectivity index (χ1n) is 12.4. The van der Waals surface area contributed by atoms with Crippen molar-refractivity contribution in [1.29, 1.82) is 0 Å². The summed E-state index contributed by atoms with van der Waals surface area (Å²) in [6.07, 6.45) is 12.7. The summed E-state index contributed by atoms with van der Waals surface area (Å²) in [6, 6.07) is 6.34. The van der Waals surface area contributed by atoms with Gasteiger partial charge in [-0.05, 0) is 64.2 Å². The molecule has 1 heterocycles. The van der Waals surface area contributed by atoms with Gasteiger partial charge in [-0.3, -0.25) is 0 Å². The molecule has 1 aliphatic heterocycles. The van der Waals surface area contributed by atoms with E-state index in [9.17, 15) is 13.2 Å². The monoisotopic (exact) mass is 517 g/mol. The van der Waals surface area contributed by atoms with E-state index in [0.717, 1.165) is 38.8 Å². The lowest BCUT2D eigenvalue weighted by Crippen LogP contribution is -2.35. The van der Waals surface area contributed by atoms with E-state index >= 15 is 0 Å². The van der Waals surface area contributed by atoms with Crippen LogP contribution in [0.5, 0.6) is 0 Å². The zero-order valence-corrected chi connectivity index (χ0v) is 23.0. The average Bonchev–Trinajstić information content (AvgIpc) is 2.86. The second-order valence-electron chi connectivity index (χ2n) is 9.09. The number of hydrogen-bond acceptors (Lipinski definition) is 5. The van der Waals surface area contributed by atoms with Gasteiger partial charge in [0.15, 0.2) is 0 Å². The topological polar surface area (TPSA) is 70.2 Å². The van der Waals surface area contributed by atoms with Crippen molar-refractivity contribution in [3.05, 3.63) is 29.3 Å². The maximum atomic E-state index is 12.2. The van der Waals surface area contributed by atoms with E-state index in [1.165, 1.54) is 45.6 Å². The lowest BCUT2D eigenvalue weighted by atomic mass is 10.0. The summed E-state index contributed by atoms with van der Waals surface area (Å²) in [5.74, 6) is 0. The molecule has 3 rings (SSSR count). The largest absolute Gasteiger partial charge is 0.453 e. The second kappa shape index (κ2) is 17.1. The summed E-state index contributed by atoms with van der Waals surface area (Å²) >= 11 is 5.74. The molecule has 0 spiro atoms. The summed E-state index contributed by atoms with van der Waals surface area (Å²) in [5, 5.41) is 0.553. The summed E-state index contributed by atoms with van der Waals surface area (Å²) < 4.78 is 30.5. The number of carbonyl (C=O) groups excluding carboxylic acids is 1. The zero-order chi connectivity index (χ0) is 25.4. The molecule has 0 bridgehead atoms. The van der Waals surface area contributed by atoms with E-state index in [4.69, 9.17) is 11.6 Å². The number of carbonyl (C=O) groups is 1. The minimum atomic E-state index is -3.30. The molecule has 7 nitrogen and oxygen atoms in total. The third kappa shape index (κ3) is 12.4. The second-order valence-corrected chi connectivity index (χ2v) is 11.5. The Hall–Kier alpha value is -1.35. The molecule has 0 N–H and O–H groups in total. The van der Waals surface area contributed by atoms with E-state index in [1.54, 1.807) is 40.5 Å². The van der Waals surface area contributed by atoms with Crippen LogP contribution in [0.3, 0.4) is 0 Å². The molecular weight excluding hydrogens is 474 g/mol. The molecule has 0 radical (unpaired) electrons. The molecule has 196 valence electrons. The molecule has 9 heteroatoms. The maximum Gasteiger partial charge on any atom is 0.409 e. The fraction of sp³-hybridized carbons (Fsp3) is 0.720. The van der Waals surface area contributed by atoms with Crippen molar-refractivity contribution in [1.82, 2.24) is 14.1 Å². The van der Waals surface area contributed by atoms with Crippen LogP contribution in [-0.4, -0.2) is 83.0 Å². The Kier molecular flexibility index (Phi) is 15.5. The van der Waals surface area contributed by atoms with Crippen LogP contribution in [0, 0.1) is 0 Å². The standard InChI is InChI=1S/C11H14ClNO2S.C8H18N2O2.C6H12/c12-10-4-6-11(7-5-10)16(14,15)13-8-2-1-3-9-13;1-9(2)6-5-7-10(3)8(11)12-4;1-2-4-6-5-3-1/h4-7H,1-3,8-9H2;5-7H2,1-4H3;1-6H2. The van der Waals surface area contributed by atoms with Crippen LogP contribution in [0.2, 0.25) is 5.02 Å². The summed E-state index contributed by atoms with van der Waals surface area (Å²) in [5.41, 5.74) is 0. The van der Waals surface area contributed by atoms with E-state index < -0.39 is 10.0 Å². The average molecular weight is 518 g/mol. The van der Waals surface area contributed by atoms with E-state index in [2.05, 4.69) is 9.64 Å². The van der Waals surface area contributed by atoms with Gasteiger partial charge < -0.3 is 14.5 Å². The number of nitrogens with zero attached hydrogens (tertiary/aromatic N) is 3. The highest BCUT2D eigenvalue weighted by Gasteiger charge is 2.25. The highest BCUT2D eigenvalue weighted by Crippen LogP contribution is 2.21. The van der Waals surface area contributed by atoms with E-state index in [0.29, 0.717) is 23.0 Å². The number of sulfonamides is 1. The molecule has 1 aromatic rings. The molecule has 2 fully saturated rings. The molecule has 1 amide bonds. The Morgan fingerprint density at radius 3 is 1.79 bits per heavy atom. The van der Waals surface area contributed by atoms with Gasteiger partial charge in [0.25, 0.3) is 0 Å². The minimum Gasteiger partial charge on any atom is -0.453 e.